The summed E-state index contributed by atoms with van der Waals surface area (Å²) < 4.78 is 0. The summed E-state index contributed by atoms with van der Waals surface area (Å²) in [6.45, 7) is 4.32. The van der Waals surface area contributed by atoms with Crippen molar-refractivity contribution in [2.45, 2.75) is 309 Å². The van der Waals surface area contributed by atoms with Gasteiger partial charge in [0.25, 0.3) is 0 Å². The summed E-state index contributed by atoms with van der Waals surface area (Å²) in [5, 5.41) is 23.1. The van der Waals surface area contributed by atoms with Gasteiger partial charge >= 0.3 is 0 Å². The molecule has 0 aromatic rings. The van der Waals surface area contributed by atoms with E-state index in [0.717, 1.165) is 32.1 Å². The largest absolute Gasteiger partial charge is 0.394 e. The van der Waals surface area contributed by atoms with Crippen molar-refractivity contribution in [3.05, 3.63) is 36.5 Å². The molecule has 0 heterocycles. The summed E-state index contributed by atoms with van der Waals surface area (Å²) in [7, 11) is 0. The second-order valence-corrected chi connectivity index (χ2v) is 18.6. The fourth-order valence-electron chi connectivity index (χ4n) is 8.43. The van der Waals surface area contributed by atoms with Gasteiger partial charge < -0.3 is 15.5 Å². The third-order valence-electron chi connectivity index (χ3n) is 12.6. The maximum Gasteiger partial charge on any atom is 0.220 e. The summed E-state index contributed by atoms with van der Waals surface area (Å²) in [6.07, 6.45) is 70.2. The number of nitrogens with one attached hydrogen (secondary N) is 1. The predicted octanol–water partition coefficient (Wildman–Crippen LogP) is 17.7. The van der Waals surface area contributed by atoms with Crippen LogP contribution in [0.4, 0.5) is 0 Å². The van der Waals surface area contributed by atoms with Gasteiger partial charge in [-0.2, -0.15) is 0 Å². The van der Waals surface area contributed by atoms with E-state index in [0.29, 0.717) is 6.42 Å². The van der Waals surface area contributed by atoms with Crippen molar-refractivity contribution in [3.8, 4) is 0 Å². The van der Waals surface area contributed by atoms with E-state index in [1.54, 1.807) is 6.08 Å². The molecule has 2 atom stereocenters. The molecule has 0 saturated carbocycles. The molecule has 4 heteroatoms. The number of rotatable bonds is 50. The molecule has 0 aliphatic carbocycles. The summed E-state index contributed by atoms with van der Waals surface area (Å²) in [5.74, 6) is -0.0700. The summed E-state index contributed by atoms with van der Waals surface area (Å²) >= 11 is 0. The van der Waals surface area contributed by atoms with Gasteiger partial charge in [0, 0.05) is 6.42 Å². The molecule has 0 saturated heterocycles. The lowest BCUT2D eigenvalue weighted by molar-refractivity contribution is -0.123. The lowest BCUT2D eigenvalue weighted by atomic mass is 10.0. The Morgan fingerprint density at radius 1 is 0.383 bits per heavy atom. The van der Waals surface area contributed by atoms with Crippen LogP contribution < -0.4 is 5.32 Å². The Balaban J connectivity index is 3.48. The van der Waals surface area contributed by atoms with Crippen molar-refractivity contribution >= 4 is 5.91 Å². The van der Waals surface area contributed by atoms with E-state index in [2.05, 4.69) is 43.5 Å². The second kappa shape index (κ2) is 52.0. The second-order valence-electron chi connectivity index (χ2n) is 18.6. The predicted molar refractivity (Wildman–Crippen MR) is 267 cm³/mol. The first-order chi connectivity index (χ1) is 29.7. The zero-order valence-corrected chi connectivity index (χ0v) is 40.7. The highest BCUT2D eigenvalue weighted by Gasteiger charge is 2.18. The highest BCUT2D eigenvalue weighted by molar-refractivity contribution is 5.76. The van der Waals surface area contributed by atoms with Crippen LogP contribution in [-0.2, 0) is 4.79 Å². The third kappa shape index (κ3) is 47.7. The van der Waals surface area contributed by atoms with Crippen LogP contribution in [0, 0.1) is 0 Å². The zero-order valence-electron chi connectivity index (χ0n) is 40.7. The first-order valence-electron chi connectivity index (χ1n) is 27.2. The summed E-state index contributed by atoms with van der Waals surface area (Å²) in [5.41, 5.74) is 0. The molecule has 0 aliphatic heterocycles. The van der Waals surface area contributed by atoms with E-state index in [9.17, 15) is 15.0 Å². The third-order valence-corrected chi connectivity index (χ3v) is 12.6. The molecular weight excluding hydrogens is 735 g/mol. The Hall–Kier alpha value is -1.39. The van der Waals surface area contributed by atoms with E-state index in [1.807, 2.05) is 6.08 Å². The van der Waals surface area contributed by atoms with E-state index in [-0.39, 0.29) is 12.5 Å². The van der Waals surface area contributed by atoms with Gasteiger partial charge in [-0.15, -0.1) is 0 Å². The molecule has 0 bridgehead atoms. The van der Waals surface area contributed by atoms with Gasteiger partial charge in [-0.1, -0.05) is 269 Å². The minimum atomic E-state index is -0.861. The van der Waals surface area contributed by atoms with Crippen molar-refractivity contribution in [3.63, 3.8) is 0 Å². The monoisotopic (exact) mass is 842 g/mol. The van der Waals surface area contributed by atoms with Gasteiger partial charge in [-0.25, -0.2) is 0 Å². The zero-order chi connectivity index (χ0) is 43.5. The summed E-state index contributed by atoms with van der Waals surface area (Å²) in [6, 6.07) is -0.638. The highest BCUT2D eigenvalue weighted by atomic mass is 16.3. The number of allylic oxidation sites excluding steroid dienone is 5. The number of carbonyl (C=O) groups excluding carboxylic acids is 1. The molecule has 4 nitrogen and oxygen atoms in total. The number of hydrogen-bond acceptors (Lipinski definition) is 3. The van der Waals surface area contributed by atoms with E-state index < -0.39 is 12.1 Å². The van der Waals surface area contributed by atoms with Gasteiger partial charge in [-0.05, 0) is 57.8 Å². The highest BCUT2D eigenvalue weighted by Crippen LogP contribution is 2.16. The van der Waals surface area contributed by atoms with E-state index >= 15 is 0 Å². The Kier molecular flexibility index (Phi) is 50.8. The Bertz CT molecular complexity index is 912. The van der Waals surface area contributed by atoms with Gasteiger partial charge in [0.2, 0.25) is 5.91 Å². The molecule has 0 spiro atoms. The lowest BCUT2D eigenvalue weighted by Gasteiger charge is -2.19. The van der Waals surface area contributed by atoms with Crippen molar-refractivity contribution in [1.82, 2.24) is 5.32 Å². The fraction of sp³-hybridized carbons (Fsp3) is 0.875. The number of carbonyl (C=O) groups is 1. The molecule has 60 heavy (non-hydrogen) atoms. The van der Waals surface area contributed by atoms with Crippen molar-refractivity contribution in [2.24, 2.45) is 0 Å². The first-order valence-corrected chi connectivity index (χ1v) is 27.2. The number of hydrogen-bond donors (Lipinski definition) is 3. The normalized spacial score (nSPS) is 13.1. The Morgan fingerprint density at radius 2 is 0.650 bits per heavy atom. The number of unbranched alkanes of at least 4 members (excludes halogenated alkanes) is 39. The fourth-order valence-corrected chi connectivity index (χ4v) is 8.43. The summed E-state index contributed by atoms with van der Waals surface area (Å²) in [4.78, 5) is 12.4. The molecule has 0 fully saturated rings. The van der Waals surface area contributed by atoms with E-state index in [4.69, 9.17) is 0 Å². The van der Waals surface area contributed by atoms with Crippen LogP contribution in [0.3, 0.4) is 0 Å². The average Bonchev–Trinajstić information content (AvgIpc) is 3.25. The van der Waals surface area contributed by atoms with Crippen LogP contribution >= 0.6 is 0 Å². The molecule has 2 unspecified atom stereocenters. The first kappa shape index (κ1) is 58.6. The van der Waals surface area contributed by atoms with Crippen molar-refractivity contribution < 1.29 is 15.0 Å². The quantitative estimate of drug-likeness (QED) is 0.0422. The van der Waals surface area contributed by atoms with E-state index in [1.165, 1.54) is 244 Å². The lowest BCUT2D eigenvalue weighted by Crippen LogP contribution is -2.45. The van der Waals surface area contributed by atoms with Crippen LogP contribution in [-0.4, -0.2) is 34.9 Å². The smallest absolute Gasteiger partial charge is 0.220 e. The molecule has 0 aromatic heterocycles. The van der Waals surface area contributed by atoms with Gasteiger partial charge in [-0.3, -0.25) is 4.79 Å². The van der Waals surface area contributed by atoms with Crippen LogP contribution in [0.1, 0.15) is 296 Å². The number of aliphatic hydroxyl groups is 2. The van der Waals surface area contributed by atoms with Gasteiger partial charge in [0.05, 0.1) is 18.8 Å². The Morgan fingerprint density at radius 3 is 0.967 bits per heavy atom. The Labute approximate surface area is 376 Å². The van der Waals surface area contributed by atoms with Crippen molar-refractivity contribution in [1.29, 1.82) is 0 Å². The molecule has 354 valence electrons. The molecule has 0 radical (unpaired) electrons. The van der Waals surface area contributed by atoms with Crippen LogP contribution in [0.25, 0.3) is 0 Å². The van der Waals surface area contributed by atoms with Gasteiger partial charge in [0.1, 0.15) is 0 Å². The SMILES string of the molecule is CCCCCCCCCCCCC/C=C/CC/C=C/C(O)C(CO)NC(=O)CCCCCCCCCCCCCCCCC/C=C\CCCCCCCCCCCCCC. The molecular formula is C56H107NO3. The number of amides is 1. The standard InChI is InChI=1S/C56H107NO3/c1-3-5-7-9-11-13-15-17-19-21-22-23-24-25-26-27-28-29-30-31-32-33-34-36-38-40-42-44-46-48-50-52-56(60)57-54(53-58)55(59)51-49-47-45-43-41-39-37-35-20-18-16-14-12-10-8-6-4-2/h25-26,41,43,49,51,54-55,58-59H,3-24,27-40,42,44-48,50,52-53H2,1-2H3,(H,57,60)/b26-25-,43-41+,51-49+. The maximum atomic E-state index is 12.4. The van der Waals surface area contributed by atoms with Crippen LogP contribution in [0.15, 0.2) is 36.5 Å². The molecule has 0 rings (SSSR count). The van der Waals surface area contributed by atoms with Crippen molar-refractivity contribution in [2.75, 3.05) is 6.61 Å². The molecule has 0 aromatic carbocycles. The molecule has 1 amide bonds. The van der Waals surface area contributed by atoms with Crippen LogP contribution in [0.2, 0.25) is 0 Å². The molecule has 3 N–H and O–H groups in total. The van der Waals surface area contributed by atoms with Crippen LogP contribution in [0.5, 0.6) is 0 Å². The topological polar surface area (TPSA) is 69.6 Å². The average molecular weight is 842 g/mol. The minimum absolute atomic E-state index is 0.0700. The minimum Gasteiger partial charge on any atom is -0.394 e. The number of aliphatic hydroxyl groups excluding tert-OH is 2. The molecule has 0 aliphatic rings. The maximum absolute atomic E-state index is 12.4. The van der Waals surface area contributed by atoms with Gasteiger partial charge in [0.15, 0.2) is 0 Å².